The van der Waals surface area contributed by atoms with E-state index in [1.54, 1.807) is 0 Å². The first-order valence-corrected chi connectivity index (χ1v) is 7.03. The summed E-state index contributed by atoms with van der Waals surface area (Å²) >= 11 is 0. The number of carbonyl (C=O) groups is 1. The van der Waals surface area contributed by atoms with Crippen molar-refractivity contribution in [3.8, 4) is 0 Å². The number of hydrogen-bond donors (Lipinski definition) is 2. The normalized spacial score (nSPS) is 13.4. The topological polar surface area (TPSA) is 55.1 Å². The average molecular weight is 299 g/mol. The molecule has 0 aliphatic rings. The van der Waals surface area contributed by atoms with Gasteiger partial charge in [0.05, 0.1) is 5.54 Å². The van der Waals surface area contributed by atoms with Crippen LogP contribution in [0.4, 0.5) is 0 Å². The fourth-order valence-electron chi connectivity index (χ4n) is 1.91. The largest absolute Gasteiger partial charge is 0.349 e. The van der Waals surface area contributed by atoms with Crippen LogP contribution < -0.4 is 11.1 Å². The van der Waals surface area contributed by atoms with Crippen LogP contribution >= 0.6 is 12.4 Å². The first-order chi connectivity index (χ1) is 8.98. The van der Waals surface area contributed by atoms with Gasteiger partial charge in [-0.15, -0.1) is 12.4 Å². The van der Waals surface area contributed by atoms with Crippen molar-refractivity contribution < 1.29 is 4.79 Å². The van der Waals surface area contributed by atoms with Gasteiger partial charge in [0.1, 0.15) is 0 Å². The molecule has 0 heterocycles. The van der Waals surface area contributed by atoms with E-state index in [0.717, 1.165) is 12.8 Å². The summed E-state index contributed by atoms with van der Waals surface area (Å²) < 4.78 is 0. The van der Waals surface area contributed by atoms with Crippen LogP contribution in [0.15, 0.2) is 30.3 Å². The highest BCUT2D eigenvalue weighted by Crippen LogP contribution is 2.15. The molecule has 0 aromatic heterocycles. The molecule has 20 heavy (non-hydrogen) atoms. The summed E-state index contributed by atoms with van der Waals surface area (Å²) in [7, 11) is 0. The van der Waals surface area contributed by atoms with Gasteiger partial charge in [-0.05, 0) is 31.2 Å². The zero-order valence-electron chi connectivity index (χ0n) is 12.7. The van der Waals surface area contributed by atoms with E-state index in [1.807, 2.05) is 25.1 Å². The molecule has 1 atom stereocenters. The summed E-state index contributed by atoms with van der Waals surface area (Å²) in [4.78, 5) is 11.9. The standard InChI is InChI=1S/C16H26N2O.ClH/c1-13(2)16(3,12-17)18-15(19)11-7-10-14-8-5-4-6-9-14;/h4-6,8-9,13H,7,10-12,17H2,1-3H3,(H,18,19);1H. The van der Waals surface area contributed by atoms with Gasteiger partial charge < -0.3 is 11.1 Å². The van der Waals surface area contributed by atoms with E-state index in [2.05, 4.69) is 31.3 Å². The first-order valence-electron chi connectivity index (χ1n) is 7.03. The number of rotatable bonds is 7. The number of halogens is 1. The zero-order chi connectivity index (χ0) is 14.3. The van der Waals surface area contributed by atoms with Gasteiger partial charge in [-0.1, -0.05) is 44.2 Å². The Morgan fingerprint density at radius 3 is 2.40 bits per heavy atom. The van der Waals surface area contributed by atoms with E-state index in [4.69, 9.17) is 5.73 Å². The predicted molar refractivity (Wildman–Crippen MR) is 87.1 cm³/mol. The molecule has 1 amide bonds. The van der Waals surface area contributed by atoms with E-state index < -0.39 is 0 Å². The molecular weight excluding hydrogens is 272 g/mol. The molecule has 4 heteroatoms. The maximum absolute atomic E-state index is 11.9. The highest BCUT2D eigenvalue weighted by Gasteiger charge is 2.28. The van der Waals surface area contributed by atoms with Gasteiger partial charge in [-0.25, -0.2) is 0 Å². The third kappa shape index (κ3) is 5.93. The molecule has 1 unspecified atom stereocenters. The third-order valence-electron chi connectivity index (χ3n) is 3.84. The summed E-state index contributed by atoms with van der Waals surface area (Å²) in [6.45, 7) is 6.63. The van der Waals surface area contributed by atoms with Crippen LogP contribution in [0.2, 0.25) is 0 Å². The van der Waals surface area contributed by atoms with Gasteiger partial charge in [0.25, 0.3) is 0 Å². The fourth-order valence-corrected chi connectivity index (χ4v) is 1.91. The van der Waals surface area contributed by atoms with Gasteiger partial charge in [-0.3, -0.25) is 4.79 Å². The Balaban J connectivity index is 0.00000361. The number of hydrogen-bond acceptors (Lipinski definition) is 2. The van der Waals surface area contributed by atoms with E-state index in [9.17, 15) is 4.79 Å². The molecule has 0 saturated carbocycles. The minimum Gasteiger partial charge on any atom is -0.349 e. The van der Waals surface area contributed by atoms with Gasteiger partial charge in [0.15, 0.2) is 0 Å². The molecule has 0 spiro atoms. The van der Waals surface area contributed by atoms with Crippen molar-refractivity contribution in [1.29, 1.82) is 0 Å². The van der Waals surface area contributed by atoms with Crippen LogP contribution in [0.5, 0.6) is 0 Å². The maximum Gasteiger partial charge on any atom is 0.220 e. The van der Waals surface area contributed by atoms with Crippen molar-refractivity contribution in [1.82, 2.24) is 5.32 Å². The minimum atomic E-state index is -0.302. The molecule has 3 N–H and O–H groups in total. The predicted octanol–water partition coefficient (Wildman–Crippen LogP) is 2.92. The van der Waals surface area contributed by atoms with Crippen LogP contribution in [0.1, 0.15) is 39.2 Å². The van der Waals surface area contributed by atoms with Gasteiger partial charge in [0.2, 0.25) is 5.91 Å². The van der Waals surface area contributed by atoms with E-state index in [0.29, 0.717) is 18.9 Å². The molecule has 0 radical (unpaired) electrons. The van der Waals surface area contributed by atoms with Crippen molar-refractivity contribution in [2.24, 2.45) is 11.7 Å². The monoisotopic (exact) mass is 298 g/mol. The molecule has 3 nitrogen and oxygen atoms in total. The smallest absolute Gasteiger partial charge is 0.220 e. The van der Waals surface area contributed by atoms with Crippen molar-refractivity contribution in [3.63, 3.8) is 0 Å². The lowest BCUT2D eigenvalue weighted by molar-refractivity contribution is -0.123. The third-order valence-corrected chi connectivity index (χ3v) is 3.84. The molecule has 114 valence electrons. The van der Waals surface area contributed by atoms with E-state index in [1.165, 1.54) is 5.56 Å². The van der Waals surface area contributed by atoms with Gasteiger partial charge in [-0.2, -0.15) is 0 Å². The van der Waals surface area contributed by atoms with E-state index in [-0.39, 0.29) is 23.9 Å². The van der Waals surface area contributed by atoms with Gasteiger partial charge in [0, 0.05) is 13.0 Å². The Labute approximate surface area is 128 Å². The van der Waals surface area contributed by atoms with Crippen molar-refractivity contribution in [2.75, 3.05) is 6.54 Å². The average Bonchev–Trinajstić information content (AvgIpc) is 2.39. The molecule has 0 fully saturated rings. The molecule has 0 bridgehead atoms. The second kappa shape index (κ2) is 8.98. The Bertz CT molecular complexity index is 395. The van der Waals surface area contributed by atoms with E-state index >= 15 is 0 Å². The molecule has 1 aromatic rings. The Morgan fingerprint density at radius 2 is 1.90 bits per heavy atom. The van der Waals surface area contributed by atoms with Crippen molar-refractivity contribution >= 4 is 18.3 Å². The highest BCUT2D eigenvalue weighted by atomic mass is 35.5. The number of carbonyl (C=O) groups excluding carboxylic acids is 1. The Hall–Kier alpha value is -1.06. The van der Waals surface area contributed by atoms with Crippen LogP contribution in [-0.2, 0) is 11.2 Å². The lowest BCUT2D eigenvalue weighted by Gasteiger charge is -2.33. The van der Waals surface area contributed by atoms with Gasteiger partial charge >= 0.3 is 0 Å². The molecular formula is C16H27ClN2O. The quantitative estimate of drug-likeness (QED) is 0.813. The summed E-state index contributed by atoms with van der Waals surface area (Å²) in [5.41, 5.74) is 6.74. The van der Waals surface area contributed by atoms with Crippen LogP contribution in [-0.4, -0.2) is 18.0 Å². The molecule has 1 aromatic carbocycles. The van der Waals surface area contributed by atoms with Crippen LogP contribution in [0.3, 0.4) is 0 Å². The van der Waals surface area contributed by atoms with Crippen LogP contribution in [0.25, 0.3) is 0 Å². The lowest BCUT2D eigenvalue weighted by atomic mass is 9.88. The minimum absolute atomic E-state index is 0. The summed E-state index contributed by atoms with van der Waals surface area (Å²) in [5.74, 6) is 0.424. The number of amides is 1. The number of nitrogens with one attached hydrogen (secondary N) is 1. The second-order valence-corrected chi connectivity index (χ2v) is 5.66. The first kappa shape index (κ1) is 18.9. The highest BCUT2D eigenvalue weighted by molar-refractivity contribution is 5.85. The molecule has 0 saturated heterocycles. The fraction of sp³-hybridized carbons (Fsp3) is 0.562. The summed E-state index contributed by atoms with van der Waals surface area (Å²) in [5, 5.41) is 3.06. The maximum atomic E-state index is 11.9. The number of nitrogens with two attached hydrogens (primary N) is 1. The Kier molecular flexibility index (Phi) is 8.51. The summed E-state index contributed by atoms with van der Waals surface area (Å²) in [6, 6.07) is 10.2. The van der Waals surface area contributed by atoms with Crippen molar-refractivity contribution in [3.05, 3.63) is 35.9 Å². The molecule has 0 aliphatic carbocycles. The molecule has 0 aliphatic heterocycles. The number of aryl methyl sites for hydroxylation is 1. The second-order valence-electron chi connectivity index (χ2n) is 5.66. The summed E-state index contributed by atoms with van der Waals surface area (Å²) in [6.07, 6.45) is 2.36. The molecule has 1 rings (SSSR count). The number of benzene rings is 1. The lowest BCUT2D eigenvalue weighted by Crippen LogP contribution is -2.54. The SMILES string of the molecule is CC(C)C(C)(CN)NC(=O)CCCc1ccccc1.Cl. The zero-order valence-corrected chi connectivity index (χ0v) is 13.5. The Morgan fingerprint density at radius 1 is 1.30 bits per heavy atom. The van der Waals surface area contributed by atoms with Crippen LogP contribution in [0, 0.1) is 5.92 Å². The van der Waals surface area contributed by atoms with Crippen molar-refractivity contribution in [2.45, 2.75) is 45.6 Å².